The number of benzene rings is 1. The first-order valence-corrected chi connectivity index (χ1v) is 5.60. The number of carbonyl (C=O) groups is 1. The van der Waals surface area contributed by atoms with E-state index < -0.39 is 0 Å². The van der Waals surface area contributed by atoms with Crippen LogP contribution in [0.15, 0.2) is 18.2 Å². The number of halogens is 1. The number of carbonyl (C=O) groups excluding carboxylic acids is 1. The molecule has 1 N–H and O–H groups in total. The molecular weight excluding hydrogens is 244 g/mol. The van der Waals surface area contributed by atoms with E-state index in [0.717, 1.165) is 5.56 Å². The lowest BCUT2D eigenvalue weighted by molar-refractivity contribution is 0.102. The van der Waals surface area contributed by atoms with Gasteiger partial charge in [0, 0.05) is 5.56 Å². The van der Waals surface area contributed by atoms with E-state index in [1.807, 2.05) is 13.8 Å². The maximum atomic E-state index is 11.3. The lowest BCUT2D eigenvalue weighted by atomic mass is 9.99. The molecule has 3 heteroatoms. The van der Waals surface area contributed by atoms with Gasteiger partial charge in [-0.2, -0.15) is 0 Å². The first kappa shape index (κ1) is 11.2. The van der Waals surface area contributed by atoms with Gasteiger partial charge in [0.2, 0.25) is 0 Å². The van der Waals surface area contributed by atoms with Crippen molar-refractivity contribution in [3.8, 4) is 5.75 Å². The highest BCUT2D eigenvalue weighted by atomic mass is 79.9. The van der Waals surface area contributed by atoms with Crippen molar-refractivity contribution in [2.24, 2.45) is 0 Å². The molecule has 1 aromatic carbocycles. The molecule has 0 aliphatic heterocycles. The molecule has 0 atom stereocenters. The van der Waals surface area contributed by atoms with E-state index in [-0.39, 0.29) is 22.8 Å². The number of aromatic hydroxyl groups is 1. The van der Waals surface area contributed by atoms with Gasteiger partial charge in [-0.15, -0.1) is 0 Å². The van der Waals surface area contributed by atoms with Gasteiger partial charge in [-0.05, 0) is 17.5 Å². The number of ketones is 1. The van der Waals surface area contributed by atoms with Gasteiger partial charge < -0.3 is 5.11 Å². The molecular formula is C11H13BrO2. The topological polar surface area (TPSA) is 37.3 Å². The Labute approximate surface area is 92.1 Å². The van der Waals surface area contributed by atoms with Gasteiger partial charge in [-0.1, -0.05) is 41.9 Å². The van der Waals surface area contributed by atoms with Crippen LogP contribution in [-0.2, 0) is 0 Å². The minimum absolute atomic E-state index is 0.0180. The SMILES string of the molecule is CC(C)c1ccc(C(=O)CBr)cc1O. The highest BCUT2D eigenvalue weighted by Gasteiger charge is 2.09. The van der Waals surface area contributed by atoms with Crippen LogP contribution in [0.5, 0.6) is 5.75 Å². The van der Waals surface area contributed by atoms with E-state index in [0.29, 0.717) is 5.56 Å². The zero-order chi connectivity index (χ0) is 10.7. The zero-order valence-corrected chi connectivity index (χ0v) is 9.84. The van der Waals surface area contributed by atoms with Gasteiger partial charge in [-0.25, -0.2) is 0 Å². The molecule has 0 aliphatic rings. The fourth-order valence-corrected chi connectivity index (χ4v) is 1.61. The summed E-state index contributed by atoms with van der Waals surface area (Å²) in [4.78, 5) is 11.3. The number of phenols is 1. The van der Waals surface area contributed by atoms with Crippen LogP contribution in [0.25, 0.3) is 0 Å². The van der Waals surface area contributed by atoms with Crippen molar-refractivity contribution in [2.45, 2.75) is 19.8 Å². The Hall–Kier alpha value is -0.830. The third-order valence-corrected chi connectivity index (χ3v) is 2.61. The molecule has 0 radical (unpaired) electrons. The van der Waals surface area contributed by atoms with Crippen molar-refractivity contribution in [3.05, 3.63) is 29.3 Å². The number of alkyl halides is 1. The minimum Gasteiger partial charge on any atom is -0.508 e. The van der Waals surface area contributed by atoms with Crippen LogP contribution in [0.3, 0.4) is 0 Å². The van der Waals surface area contributed by atoms with Gasteiger partial charge >= 0.3 is 0 Å². The fourth-order valence-electron chi connectivity index (χ4n) is 1.28. The van der Waals surface area contributed by atoms with Crippen LogP contribution < -0.4 is 0 Å². The Balaban J connectivity index is 3.06. The molecule has 1 rings (SSSR count). The smallest absolute Gasteiger partial charge is 0.173 e. The van der Waals surface area contributed by atoms with Crippen LogP contribution in [0, 0.1) is 0 Å². The maximum absolute atomic E-state index is 11.3. The molecule has 1 aromatic rings. The molecule has 0 bridgehead atoms. The Morgan fingerprint density at radius 3 is 2.57 bits per heavy atom. The van der Waals surface area contributed by atoms with Crippen molar-refractivity contribution in [2.75, 3.05) is 5.33 Å². The van der Waals surface area contributed by atoms with Crippen LogP contribution in [0.4, 0.5) is 0 Å². The summed E-state index contributed by atoms with van der Waals surface area (Å²) in [5.41, 5.74) is 1.42. The summed E-state index contributed by atoms with van der Waals surface area (Å²) in [6, 6.07) is 5.08. The second kappa shape index (κ2) is 4.60. The molecule has 14 heavy (non-hydrogen) atoms. The molecule has 0 amide bonds. The van der Waals surface area contributed by atoms with Crippen molar-refractivity contribution in [3.63, 3.8) is 0 Å². The average Bonchev–Trinajstić information content (AvgIpc) is 2.15. The summed E-state index contributed by atoms with van der Waals surface area (Å²) < 4.78 is 0. The molecule has 0 aliphatic carbocycles. The van der Waals surface area contributed by atoms with Crippen molar-refractivity contribution >= 4 is 21.7 Å². The number of hydrogen-bond acceptors (Lipinski definition) is 2. The van der Waals surface area contributed by atoms with Crippen LogP contribution >= 0.6 is 15.9 Å². The fraction of sp³-hybridized carbons (Fsp3) is 0.364. The number of hydrogen-bond donors (Lipinski definition) is 1. The summed E-state index contributed by atoms with van der Waals surface area (Å²) >= 11 is 3.09. The molecule has 0 fully saturated rings. The number of Topliss-reactive ketones (excluding diaryl/α,β-unsaturated/α-hetero) is 1. The molecule has 0 saturated heterocycles. The van der Waals surface area contributed by atoms with Gasteiger partial charge in [0.25, 0.3) is 0 Å². The summed E-state index contributed by atoms with van der Waals surface area (Å²) in [5, 5.41) is 9.92. The quantitative estimate of drug-likeness (QED) is 0.667. The van der Waals surface area contributed by atoms with Crippen LogP contribution in [0.1, 0.15) is 35.7 Å². The zero-order valence-electron chi connectivity index (χ0n) is 8.25. The highest BCUT2D eigenvalue weighted by molar-refractivity contribution is 9.09. The van der Waals surface area contributed by atoms with Crippen molar-refractivity contribution in [1.29, 1.82) is 0 Å². The summed E-state index contributed by atoms with van der Waals surface area (Å²) in [6.45, 7) is 4.00. The lowest BCUT2D eigenvalue weighted by Crippen LogP contribution is -2.00. The number of phenolic OH excluding ortho intramolecular Hbond substituents is 1. The van der Waals surface area contributed by atoms with Gasteiger partial charge in [0.05, 0.1) is 5.33 Å². The molecule has 0 spiro atoms. The Morgan fingerprint density at radius 1 is 1.50 bits per heavy atom. The Morgan fingerprint density at radius 2 is 2.14 bits per heavy atom. The molecule has 0 unspecified atom stereocenters. The van der Waals surface area contributed by atoms with E-state index >= 15 is 0 Å². The third-order valence-electron chi connectivity index (χ3n) is 2.10. The van der Waals surface area contributed by atoms with E-state index in [4.69, 9.17) is 0 Å². The minimum atomic E-state index is -0.0180. The molecule has 0 aromatic heterocycles. The molecule has 76 valence electrons. The molecule has 2 nitrogen and oxygen atoms in total. The van der Waals surface area contributed by atoms with Gasteiger partial charge in [0.15, 0.2) is 5.78 Å². The van der Waals surface area contributed by atoms with Crippen molar-refractivity contribution < 1.29 is 9.90 Å². The van der Waals surface area contributed by atoms with E-state index in [9.17, 15) is 9.90 Å². The Kier molecular flexibility index (Phi) is 3.69. The monoisotopic (exact) mass is 256 g/mol. The normalized spacial score (nSPS) is 10.6. The highest BCUT2D eigenvalue weighted by Crippen LogP contribution is 2.26. The lowest BCUT2D eigenvalue weighted by Gasteiger charge is -2.08. The van der Waals surface area contributed by atoms with Crippen molar-refractivity contribution in [1.82, 2.24) is 0 Å². The molecule has 0 heterocycles. The third kappa shape index (κ3) is 2.35. The van der Waals surface area contributed by atoms with Gasteiger partial charge in [0.1, 0.15) is 5.75 Å². The largest absolute Gasteiger partial charge is 0.508 e. The number of rotatable bonds is 3. The maximum Gasteiger partial charge on any atom is 0.173 e. The Bertz CT molecular complexity index is 345. The molecule has 0 saturated carbocycles. The average molecular weight is 257 g/mol. The van der Waals surface area contributed by atoms with E-state index in [1.54, 1.807) is 12.1 Å². The van der Waals surface area contributed by atoms with Crippen LogP contribution in [-0.4, -0.2) is 16.2 Å². The predicted molar refractivity (Wildman–Crippen MR) is 60.3 cm³/mol. The first-order valence-electron chi connectivity index (χ1n) is 4.48. The predicted octanol–water partition coefficient (Wildman–Crippen LogP) is 3.09. The van der Waals surface area contributed by atoms with E-state index in [1.165, 1.54) is 6.07 Å². The summed E-state index contributed by atoms with van der Waals surface area (Å²) in [6.07, 6.45) is 0. The van der Waals surface area contributed by atoms with E-state index in [2.05, 4.69) is 15.9 Å². The van der Waals surface area contributed by atoms with Gasteiger partial charge in [-0.3, -0.25) is 4.79 Å². The summed E-state index contributed by atoms with van der Waals surface area (Å²) in [5.74, 6) is 0.450. The second-order valence-corrected chi connectivity index (χ2v) is 4.05. The van der Waals surface area contributed by atoms with Crippen LogP contribution in [0.2, 0.25) is 0 Å². The first-order chi connectivity index (χ1) is 6.56. The standard InChI is InChI=1S/C11H13BrO2/c1-7(2)9-4-3-8(5-10(9)13)11(14)6-12/h3-5,7,13H,6H2,1-2H3. The second-order valence-electron chi connectivity index (χ2n) is 3.49. The summed E-state index contributed by atoms with van der Waals surface area (Å²) in [7, 11) is 0.